The molecule has 0 aromatic carbocycles. The molecule has 0 atom stereocenters. The summed E-state index contributed by atoms with van der Waals surface area (Å²) in [5, 5.41) is 9.13. The van der Waals surface area contributed by atoms with Crippen LogP contribution < -0.4 is 0 Å². The van der Waals surface area contributed by atoms with Gasteiger partial charge >= 0.3 is 5.97 Å². The molecule has 0 unspecified atom stereocenters. The highest BCUT2D eigenvalue weighted by atomic mass is 16.5. The lowest BCUT2D eigenvalue weighted by Crippen LogP contribution is -2.09. The van der Waals surface area contributed by atoms with Crippen molar-refractivity contribution in [2.75, 3.05) is 6.61 Å². The van der Waals surface area contributed by atoms with Gasteiger partial charge < -0.3 is 9.14 Å². The van der Waals surface area contributed by atoms with E-state index in [-0.39, 0.29) is 0 Å². The summed E-state index contributed by atoms with van der Waals surface area (Å²) in [7, 11) is 0. The zero-order chi connectivity index (χ0) is 12.4. The van der Waals surface area contributed by atoms with Crippen molar-refractivity contribution in [3.8, 4) is 6.07 Å². The van der Waals surface area contributed by atoms with Crippen molar-refractivity contribution in [2.24, 2.45) is 0 Å². The molecule has 4 nitrogen and oxygen atoms in total. The number of hydrogen-bond acceptors (Lipinski definition) is 3. The van der Waals surface area contributed by atoms with Crippen LogP contribution in [0, 0.1) is 18.3 Å². The van der Waals surface area contributed by atoms with Crippen molar-refractivity contribution in [1.29, 1.82) is 5.26 Å². The summed E-state index contributed by atoms with van der Waals surface area (Å²) in [6.45, 7) is 3.84. The Morgan fingerprint density at radius 3 is 2.94 bits per heavy atom. The number of fused-ring (bicyclic) bond motifs is 1. The largest absolute Gasteiger partial charge is 0.461 e. The van der Waals surface area contributed by atoms with Gasteiger partial charge in [0.1, 0.15) is 11.8 Å². The zero-order valence-electron chi connectivity index (χ0n) is 9.73. The molecule has 0 aliphatic heterocycles. The van der Waals surface area contributed by atoms with Crippen LogP contribution in [0.2, 0.25) is 0 Å². The zero-order valence-corrected chi connectivity index (χ0v) is 9.73. The monoisotopic (exact) mass is 228 g/mol. The first-order valence-corrected chi connectivity index (χ1v) is 5.37. The number of hydrogen-bond donors (Lipinski definition) is 0. The molecule has 2 heterocycles. The molecule has 17 heavy (non-hydrogen) atoms. The minimum Gasteiger partial charge on any atom is -0.461 e. The molecular formula is C13H12N2O2. The fourth-order valence-corrected chi connectivity index (χ4v) is 1.93. The van der Waals surface area contributed by atoms with E-state index in [4.69, 9.17) is 10.00 Å². The minimum absolute atomic E-state index is 0.320. The summed E-state index contributed by atoms with van der Waals surface area (Å²) in [5.41, 5.74) is 2.35. The summed E-state index contributed by atoms with van der Waals surface area (Å²) in [4.78, 5) is 11.9. The standard InChI is InChI=1S/C13H12N2O2/c1-3-17-13(16)12-9(2)10(8-14)11-6-4-5-7-15(11)12/h4-7H,3H2,1-2H3. The Labute approximate surface area is 99.0 Å². The lowest BCUT2D eigenvalue weighted by atomic mass is 10.1. The number of pyridine rings is 1. The third-order valence-electron chi connectivity index (χ3n) is 2.67. The number of rotatable bonds is 2. The van der Waals surface area contributed by atoms with Crippen molar-refractivity contribution >= 4 is 11.5 Å². The summed E-state index contributed by atoms with van der Waals surface area (Å²) in [5.74, 6) is -0.396. The Morgan fingerprint density at radius 2 is 2.29 bits per heavy atom. The van der Waals surface area contributed by atoms with Crippen LogP contribution in [-0.2, 0) is 4.74 Å². The molecule has 0 bridgehead atoms. The topological polar surface area (TPSA) is 54.5 Å². The second kappa shape index (κ2) is 4.30. The molecule has 0 saturated heterocycles. The lowest BCUT2D eigenvalue weighted by molar-refractivity contribution is 0.0517. The van der Waals surface area contributed by atoms with Gasteiger partial charge in [0.05, 0.1) is 17.7 Å². The first kappa shape index (κ1) is 11.2. The molecule has 2 rings (SSSR count). The summed E-state index contributed by atoms with van der Waals surface area (Å²) in [6.07, 6.45) is 1.76. The minimum atomic E-state index is -0.396. The van der Waals surface area contributed by atoms with E-state index in [9.17, 15) is 4.79 Å². The van der Waals surface area contributed by atoms with Crippen LogP contribution in [0.15, 0.2) is 24.4 Å². The van der Waals surface area contributed by atoms with Crippen LogP contribution in [-0.4, -0.2) is 17.0 Å². The normalized spacial score (nSPS) is 10.2. The summed E-state index contributed by atoms with van der Waals surface area (Å²) < 4.78 is 6.71. The lowest BCUT2D eigenvalue weighted by Gasteiger charge is -2.03. The molecule has 0 fully saturated rings. The predicted molar refractivity (Wildman–Crippen MR) is 62.8 cm³/mol. The smallest absolute Gasteiger partial charge is 0.355 e. The van der Waals surface area contributed by atoms with Gasteiger partial charge in [-0.3, -0.25) is 0 Å². The number of nitriles is 1. The van der Waals surface area contributed by atoms with Gasteiger partial charge in [-0.15, -0.1) is 0 Å². The third kappa shape index (κ3) is 1.66. The van der Waals surface area contributed by atoms with E-state index in [2.05, 4.69) is 6.07 Å². The first-order chi connectivity index (χ1) is 8.20. The van der Waals surface area contributed by atoms with Gasteiger partial charge in [0, 0.05) is 11.8 Å². The van der Waals surface area contributed by atoms with Crippen molar-refractivity contribution in [3.05, 3.63) is 41.2 Å². The Bertz CT molecular complexity index is 620. The average molecular weight is 228 g/mol. The quantitative estimate of drug-likeness (QED) is 0.741. The van der Waals surface area contributed by atoms with Crippen LogP contribution in [0.3, 0.4) is 0 Å². The number of nitrogens with zero attached hydrogens (tertiary/aromatic N) is 2. The van der Waals surface area contributed by atoms with Gasteiger partial charge in [-0.25, -0.2) is 4.79 Å². The highest BCUT2D eigenvalue weighted by molar-refractivity contribution is 5.93. The first-order valence-electron chi connectivity index (χ1n) is 5.37. The third-order valence-corrected chi connectivity index (χ3v) is 2.67. The predicted octanol–water partition coefficient (Wildman–Crippen LogP) is 2.30. The van der Waals surface area contributed by atoms with Gasteiger partial charge in [0.2, 0.25) is 0 Å². The maximum Gasteiger partial charge on any atom is 0.355 e. The fourth-order valence-electron chi connectivity index (χ4n) is 1.93. The molecule has 86 valence electrons. The second-order valence-corrected chi connectivity index (χ2v) is 3.64. The fraction of sp³-hybridized carbons (Fsp3) is 0.231. The van der Waals surface area contributed by atoms with E-state index < -0.39 is 5.97 Å². The maximum atomic E-state index is 11.9. The van der Waals surface area contributed by atoms with Gasteiger partial charge in [-0.05, 0) is 26.0 Å². The van der Waals surface area contributed by atoms with E-state index in [1.54, 1.807) is 24.4 Å². The number of carbonyl (C=O) groups is 1. The molecule has 0 spiro atoms. The SMILES string of the molecule is CCOC(=O)c1c(C)c(C#N)c2ccccn12. The molecule has 2 aromatic rings. The van der Waals surface area contributed by atoms with Crippen molar-refractivity contribution in [2.45, 2.75) is 13.8 Å². The molecule has 2 aromatic heterocycles. The van der Waals surface area contributed by atoms with Crippen LogP contribution in [0.1, 0.15) is 28.5 Å². The van der Waals surface area contributed by atoms with Gasteiger partial charge in [-0.2, -0.15) is 5.26 Å². The van der Waals surface area contributed by atoms with Crippen LogP contribution >= 0.6 is 0 Å². The Balaban J connectivity index is 2.75. The Morgan fingerprint density at radius 1 is 1.53 bits per heavy atom. The van der Waals surface area contributed by atoms with E-state index in [1.165, 1.54) is 0 Å². The second-order valence-electron chi connectivity index (χ2n) is 3.64. The van der Waals surface area contributed by atoms with E-state index in [1.807, 2.05) is 18.2 Å². The van der Waals surface area contributed by atoms with E-state index >= 15 is 0 Å². The molecule has 0 saturated carbocycles. The van der Waals surface area contributed by atoms with Gasteiger partial charge in [-0.1, -0.05) is 6.07 Å². The molecule has 0 amide bonds. The van der Waals surface area contributed by atoms with Crippen LogP contribution in [0.4, 0.5) is 0 Å². The maximum absolute atomic E-state index is 11.9. The summed E-state index contributed by atoms with van der Waals surface area (Å²) in [6, 6.07) is 7.59. The number of ether oxygens (including phenoxy) is 1. The molecule has 0 N–H and O–H groups in total. The van der Waals surface area contributed by atoms with Crippen molar-refractivity contribution < 1.29 is 9.53 Å². The average Bonchev–Trinajstić information content (AvgIpc) is 2.61. The highest BCUT2D eigenvalue weighted by Crippen LogP contribution is 2.22. The molecular weight excluding hydrogens is 216 g/mol. The summed E-state index contributed by atoms with van der Waals surface area (Å²) >= 11 is 0. The number of esters is 1. The molecule has 0 radical (unpaired) electrons. The molecule has 0 aliphatic rings. The van der Waals surface area contributed by atoms with Crippen molar-refractivity contribution in [3.63, 3.8) is 0 Å². The number of carbonyl (C=O) groups excluding carboxylic acids is 1. The molecule has 4 heteroatoms. The van der Waals surface area contributed by atoms with Crippen LogP contribution in [0.5, 0.6) is 0 Å². The number of aromatic nitrogens is 1. The van der Waals surface area contributed by atoms with Crippen molar-refractivity contribution in [1.82, 2.24) is 4.40 Å². The van der Waals surface area contributed by atoms with E-state index in [0.717, 1.165) is 5.52 Å². The van der Waals surface area contributed by atoms with E-state index in [0.29, 0.717) is 23.4 Å². The van der Waals surface area contributed by atoms with Gasteiger partial charge in [0.25, 0.3) is 0 Å². The highest BCUT2D eigenvalue weighted by Gasteiger charge is 2.20. The van der Waals surface area contributed by atoms with Gasteiger partial charge in [0.15, 0.2) is 0 Å². The Hall–Kier alpha value is -2.28. The Kier molecular flexibility index (Phi) is 2.84. The van der Waals surface area contributed by atoms with Crippen LogP contribution in [0.25, 0.3) is 5.52 Å². The molecule has 0 aliphatic carbocycles.